The number of hydrogen-bond donors (Lipinski definition) is 1. The fourth-order valence-corrected chi connectivity index (χ4v) is 2.50. The van der Waals surface area contributed by atoms with E-state index in [1.54, 1.807) is 12.1 Å². The van der Waals surface area contributed by atoms with E-state index in [1.165, 1.54) is 0 Å². The molecule has 1 aromatic carbocycles. The molecule has 0 atom stereocenters. The standard InChI is InChI=1S/C13H17NO2S/c1-3-5-11-14-17(15,16)13-9-7-12(6-4-2)8-10-13/h1,7-10,14H,4-6,11H2,2H3. The molecule has 1 N–H and O–H groups in total. The minimum Gasteiger partial charge on any atom is -0.210 e. The van der Waals surface area contributed by atoms with Gasteiger partial charge in [0.15, 0.2) is 0 Å². The van der Waals surface area contributed by atoms with Crippen LogP contribution >= 0.6 is 0 Å². The summed E-state index contributed by atoms with van der Waals surface area (Å²) in [6.07, 6.45) is 7.47. The zero-order valence-electron chi connectivity index (χ0n) is 9.94. The van der Waals surface area contributed by atoms with Crippen LogP contribution in [-0.4, -0.2) is 15.0 Å². The minimum atomic E-state index is -3.41. The van der Waals surface area contributed by atoms with Crippen LogP contribution < -0.4 is 4.72 Å². The Balaban J connectivity index is 2.75. The van der Waals surface area contributed by atoms with E-state index >= 15 is 0 Å². The molecule has 0 aromatic heterocycles. The molecule has 0 fully saturated rings. The fourth-order valence-electron chi connectivity index (χ4n) is 1.46. The lowest BCUT2D eigenvalue weighted by Crippen LogP contribution is -2.24. The first kappa shape index (κ1) is 13.8. The van der Waals surface area contributed by atoms with E-state index < -0.39 is 10.0 Å². The maximum atomic E-state index is 11.8. The molecule has 0 aliphatic rings. The van der Waals surface area contributed by atoms with Gasteiger partial charge in [-0.2, -0.15) is 0 Å². The first-order chi connectivity index (χ1) is 8.10. The SMILES string of the molecule is C#CCCNS(=O)(=O)c1ccc(CCC)cc1. The monoisotopic (exact) mass is 251 g/mol. The van der Waals surface area contributed by atoms with Gasteiger partial charge in [-0.05, 0) is 24.1 Å². The summed E-state index contributed by atoms with van der Waals surface area (Å²) >= 11 is 0. The van der Waals surface area contributed by atoms with Crippen LogP contribution in [0, 0.1) is 12.3 Å². The molecule has 0 heterocycles. The van der Waals surface area contributed by atoms with Gasteiger partial charge in [0.25, 0.3) is 0 Å². The van der Waals surface area contributed by atoms with E-state index in [0.717, 1.165) is 18.4 Å². The van der Waals surface area contributed by atoms with Crippen LogP contribution in [0.15, 0.2) is 29.2 Å². The summed E-state index contributed by atoms with van der Waals surface area (Å²) in [7, 11) is -3.41. The van der Waals surface area contributed by atoms with Gasteiger partial charge in [-0.25, -0.2) is 13.1 Å². The highest BCUT2D eigenvalue weighted by atomic mass is 32.2. The van der Waals surface area contributed by atoms with Crippen LogP contribution in [0.4, 0.5) is 0 Å². The minimum absolute atomic E-state index is 0.273. The van der Waals surface area contributed by atoms with Crippen molar-refractivity contribution in [2.75, 3.05) is 6.54 Å². The topological polar surface area (TPSA) is 46.2 Å². The predicted molar refractivity (Wildman–Crippen MR) is 69.1 cm³/mol. The first-order valence-corrected chi connectivity index (χ1v) is 7.10. The second-order valence-corrected chi connectivity index (χ2v) is 5.51. The van der Waals surface area contributed by atoms with Gasteiger partial charge in [-0.1, -0.05) is 25.5 Å². The number of sulfonamides is 1. The van der Waals surface area contributed by atoms with Crippen molar-refractivity contribution in [2.45, 2.75) is 31.1 Å². The van der Waals surface area contributed by atoms with E-state index in [1.807, 2.05) is 12.1 Å². The highest BCUT2D eigenvalue weighted by Crippen LogP contribution is 2.11. The Hall–Kier alpha value is -1.31. The van der Waals surface area contributed by atoms with E-state index in [9.17, 15) is 8.42 Å². The number of terminal acetylenes is 1. The van der Waals surface area contributed by atoms with Gasteiger partial charge in [0.05, 0.1) is 4.90 Å². The van der Waals surface area contributed by atoms with Crippen molar-refractivity contribution in [2.24, 2.45) is 0 Å². The molecule has 0 unspecified atom stereocenters. The Labute approximate surface area is 103 Å². The van der Waals surface area contributed by atoms with Crippen LogP contribution in [-0.2, 0) is 16.4 Å². The molecule has 0 saturated carbocycles. The molecule has 1 aromatic rings. The maximum absolute atomic E-state index is 11.8. The molecule has 3 nitrogen and oxygen atoms in total. The van der Waals surface area contributed by atoms with E-state index in [-0.39, 0.29) is 11.4 Å². The molecular weight excluding hydrogens is 234 g/mol. The molecule has 17 heavy (non-hydrogen) atoms. The number of hydrogen-bond acceptors (Lipinski definition) is 2. The Morgan fingerprint density at radius 2 is 1.94 bits per heavy atom. The molecule has 1 rings (SSSR count). The van der Waals surface area contributed by atoms with Crippen molar-refractivity contribution in [3.8, 4) is 12.3 Å². The molecule has 0 saturated heterocycles. The lowest BCUT2D eigenvalue weighted by Gasteiger charge is -2.06. The quantitative estimate of drug-likeness (QED) is 0.620. The summed E-state index contributed by atoms with van der Waals surface area (Å²) in [5, 5.41) is 0. The van der Waals surface area contributed by atoms with Gasteiger partial charge in [-0.3, -0.25) is 0 Å². The van der Waals surface area contributed by atoms with E-state index in [0.29, 0.717) is 6.42 Å². The Morgan fingerprint density at radius 3 is 2.47 bits per heavy atom. The molecule has 0 aliphatic heterocycles. The summed E-state index contributed by atoms with van der Waals surface area (Å²) in [4.78, 5) is 0.286. The van der Waals surface area contributed by atoms with Crippen molar-refractivity contribution in [1.29, 1.82) is 0 Å². The molecule has 4 heteroatoms. The highest BCUT2D eigenvalue weighted by molar-refractivity contribution is 7.89. The second kappa shape index (κ2) is 6.43. The molecule has 0 spiro atoms. The molecular formula is C13H17NO2S. The predicted octanol–water partition coefficient (Wildman–Crippen LogP) is 1.94. The third-order valence-corrected chi connectivity index (χ3v) is 3.81. The van der Waals surface area contributed by atoms with Crippen LogP contribution in [0.3, 0.4) is 0 Å². The third kappa shape index (κ3) is 4.22. The molecule has 0 aliphatic carbocycles. The summed E-state index contributed by atoms with van der Waals surface area (Å²) in [5.74, 6) is 2.39. The lowest BCUT2D eigenvalue weighted by molar-refractivity contribution is 0.582. The van der Waals surface area contributed by atoms with Crippen molar-refractivity contribution < 1.29 is 8.42 Å². The van der Waals surface area contributed by atoms with Gasteiger partial charge >= 0.3 is 0 Å². The van der Waals surface area contributed by atoms with Crippen LogP contribution in [0.1, 0.15) is 25.3 Å². The van der Waals surface area contributed by atoms with Crippen molar-refractivity contribution >= 4 is 10.0 Å². The average molecular weight is 251 g/mol. The Bertz CT molecular complexity index is 483. The normalized spacial score (nSPS) is 11.1. The number of rotatable bonds is 6. The third-order valence-electron chi connectivity index (χ3n) is 2.33. The van der Waals surface area contributed by atoms with Crippen molar-refractivity contribution in [3.63, 3.8) is 0 Å². The summed E-state index contributed by atoms with van der Waals surface area (Å²) in [6.45, 7) is 2.36. The second-order valence-electron chi connectivity index (χ2n) is 3.75. The highest BCUT2D eigenvalue weighted by Gasteiger charge is 2.12. The molecule has 0 radical (unpaired) electrons. The summed E-state index contributed by atoms with van der Waals surface area (Å²) in [6, 6.07) is 6.95. The van der Waals surface area contributed by atoms with Gasteiger partial charge < -0.3 is 0 Å². The fraction of sp³-hybridized carbons (Fsp3) is 0.385. The largest absolute Gasteiger partial charge is 0.240 e. The van der Waals surface area contributed by atoms with Gasteiger partial charge in [0.1, 0.15) is 0 Å². The van der Waals surface area contributed by atoms with E-state index in [4.69, 9.17) is 6.42 Å². The number of aryl methyl sites for hydroxylation is 1. The zero-order chi connectivity index (χ0) is 12.7. The van der Waals surface area contributed by atoms with Crippen LogP contribution in [0.2, 0.25) is 0 Å². The zero-order valence-corrected chi connectivity index (χ0v) is 10.8. The molecule has 0 amide bonds. The Morgan fingerprint density at radius 1 is 1.29 bits per heavy atom. The van der Waals surface area contributed by atoms with Crippen LogP contribution in [0.25, 0.3) is 0 Å². The summed E-state index contributed by atoms with van der Waals surface area (Å²) in [5.41, 5.74) is 1.15. The lowest BCUT2D eigenvalue weighted by atomic mass is 10.1. The van der Waals surface area contributed by atoms with Gasteiger partial charge in [0.2, 0.25) is 10.0 Å². The molecule has 0 bridgehead atoms. The first-order valence-electron chi connectivity index (χ1n) is 5.62. The van der Waals surface area contributed by atoms with Gasteiger partial charge in [0, 0.05) is 13.0 Å². The van der Waals surface area contributed by atoms with Crippen LogP contribution in [0.5, 0.6) is 0 Å². The number of nitrogens with one attached hydrogen (secondary N) is 1. The van der Waals surface area contributed by atoms with Crippen molar-refractivity contribution in [3.05, 3.63) is 29.8 Å². The number of benzene rings is 1. The van der Waals surface area contributed by atoms with Gasteiger partial charge in [-0.15, -0.1) is 12.3 Å². The summed E-state index contributed by atoms with van der Waals surface area (Å²) < 4.78 is 26.1. The smallest absolute Gasteiger partial charge is 0.210 e. The Kier molecular flexibility index (Phi) is 5.20. The molecule has 92 valence electrons. The van der Waals surface area contributed by atoms with E-state index in [2.05, 4.69) is 17.6 Å². The average Bonchev–Trinajstić information content (AvgIpc) is 2.30. The van der Waals surface area contributed by atoms with Crippen molar-refractivity contribution in [1.82, 2.24) is 4.72 Å². The maximum Gasteiger partial charge on any atom is 0.240 e.